The van der Waals surface area contributed by atoms with Crippen LogP contribution in [0, 0.1) is 10.8 Å². The summed E-state index contributed by atoms with van der Waals surface area (Å²) < 4.78 is 23.6. The van der Waals surface area contributed by atoms with Crippen molar-refractivity contribution < 1.29 is 29.2 Å². The molecule has 0 aromatic rings. The molecule has 6 nitrogen and oxygen atoms in total. The number of halogens is 1. The largest absolute Gasteiger partial charge is 0.438 e. The van der Waals surface area contributed by atoms with Gasteiger partial charge in [0.05, 0.1) is 0 Å². The summed E-state index contributed by atoms with van der Waals surface area (Å²) in [5, 5.41) is 0. The zero-order valence-corrected chi connectivity index (χ0v) is 7.83. The summed E-state index contributed by atoms with van der Waals surface area (Å²) in [5.41, 5.74) is 10.5. The quantitative estimate of drug-likeness (QED) is 0.454. The van der Waals surface area contributed by atoms with Crippen LogP contribution in [0.1, 0.15) is 19.3 Å². The number of nitrogens with two attached hydrogens (primary N) is 2. The van der Waals surface area contributed by atoms with Crippen LogP contribution in [0.4, 0.5) is 0 Å². The van der Waals surface area contributed by atoms with Crippen LogP contribution in [0.3, 0.4) is 0 Å². The van der Waals surface area contributed by atoms with Crippen LogP contribution in [-0.4, -0.2) is 18.6 Å². The van der Waals surface area contributed by atoms with Crippen LogP contribution in [0.15, 0.2) is 0 Å². The average Bonchev–Trinajstić information content (AvgIpc) is 2.03. The smallest absolute Gasteiger partial charge is 0.330 e. The number of carbonyl (C=O) groups excluding carboxylic acids is 1. The van der Waals surface area contributed by atoms with Crippen molar-refractivity contribution in [2.24, 2.45) is 11.5 Å². The molecule has 0 amide bonds. The monoisotopic (exact) mass is 212 g/mol. The molecule has 0 aromatic carbocycles. The van der Waals surface area contributed by atoms with E-state index in [0.29, 0.717) is 19.4 Å². The maximum Gasteiger partial charge on any atom is 0.438 e. The first-order valence-electron chi connectivity index (χ1n) is 3.81. The van der Waals surface area contributed by atoms with Crippen LogP contribution >= 0.6 is 0 Å². The normalized spacial score (nSPS) is 13.0. The van der Waals surface area contributed by atoms with Gasteiger partial charge in [0.15, 0.2) is 0 Å². The van der Waals surface area contributed by atoms with Gasteiger partial charge in [-0.3, -0.25) is 0 Å². The van der Waals surface area contributed by atoms with Crippen molar-refractivity contribution in [2.75, 3.05) is 6.54 Å². The van der Waals surface area contributed by atoms with Crippen molar-refractivity contribution in [1.82, 2.24) is 0 Å². The second kappa shape index (κ2) is 7.05. The highest BCUT2D eigenvalue weighted by Crippen LogP contribution is 2.00. The summed E-state index contributed by atoms with van der Waals surface area (Å²) in [6.45, 7) is 0.521. The molecule has 0 spiro atoms. The summed E-state index contributed by atoms with van der Waals surface area (Å²) in [6.07, 6.45) is 1.80. The van der Waals surface area contributed by atoms with E-state index in [1.807, 2.05) is 0 Å². The lowest BCUT2D eigenvalue weighted by atomic mass is 10.1. The van der Waals surface area contributed by atoms with Crippen LogP contribution in [0.25, 0.3) is 0 Å². The fraction of sp³-hybridized carbons (Fsp3) is 0.833. The Morgan fingerprint density at radius 2 is 2.08 bits per heavy atom. The van der Waals surface area contributed by atoms with Gasteiger partial charge >= 0.3 is 16.8 Å². The van der Waals surface area contributed by atoms with E-state index in [-0.39, 0.29) is 0 Å². The Morgan fingerprint density at radius 1 is 1.46 bits per heavy atom. The van der Waals surface area contributed by atoms with Crippen molar-refractivity contribution in [3.05, 3.63) is 0 Å². The number of hydrogen-bond acceptors (Lipinski definition) is 6. The van der Waals surface area contributed by atoms with Gasteiger partial charge in [0.1, 0.15) is 6.04 Å². The Balaban J connectivity index is 3.57. The van der Waals surface area contributed by atoms with Gasteiger partial charge in [0, 0.05) is 0 Å². The van der Waals surface area contributed by atoms with Gasteiger partial charge in [0.25, 0.3) is 0 Å². The standard InChI is InChI=1S/C6H13ClN2O4/c8-4-2-1-3-5(9)6(10)13-7(11)12/h5H,1-4,8-9H2/t5-/m0/s1. The molecule has 0 aliphatic carbocycles. The van der Waals surface area contributed by atoms with Gasteiger partial charge < -0.3 is 20.8 Å². The molecule has 1 atom stereocenters. The third kappa shape index (κ3) is 6.73. The molecule has 0 heterocycles. The molecule has 0 rings (SSSR count). The van der Waals surface area contributed by atoms with Crippen molar-refractivity contribution in [3.63, 3.8) is 0 Å². The molecule has 0 fully saturated rings. The van der Waals surface area contributed by atoms with Crippen LogP contribution in [0.2, 0.25) is 0 Å². The summed E-state index contributed by atoms with van der Waals surface area (Å²) >= 11 is 0. The first-order valence-corrected chi connectivity index (χ1v) is 4.74. The van der Waals surface area contributed by atoms with Gasteiger partial charge in [-0.05, 0) is 19.4 Å². The molecule has 0 aliphatic rings. The van der Waals surface area contributed by atoms with E-state index < -0.39 is 22.8 Å². The highest BCUT2D eigenvalue weighted by Gasteiger charge is 2.24. The minimum atomic E-state index is -2.51. The van der Waals surface area contributed by atoms with E-state index in [1.165, 1.54) is 0 Å². The molecule has 0 radical (unpaired) electrons. The molecule has 0 aliphatic heterocycles. The molecular weight excluding hydrogens is 200 g/mol. The topological polar surface area (TPSA) is 124 Å². The van der Waals surface area contributed by atoms with Crippen molar-refractivity contribution in [2.45, 2.75) is 25.3 Å². The Morgan fingerprint density at radius 3 is 2.54 bits per heavy atom. The van der Waals surface area contributed by atoms with Crippen molar-refractivity contribution in [3.8, 4) is 0 Å². The number of unbranched alkanes of at least 4 members (excludes halogenated alkanes) is 1. The predicted molar refractivity (Wildman–Crippen MR) is 37.0 cm³/mol. The maximum absolute atomic E-state index is 10.8. The second-order valence-electron chi connectivity index (χ2n) is 2.48. The molecule has 7 heteroatoms. The lowest BCUT2D eigenvalue weighted by molar-refractivity contribution is -1.62. The maximum atomic E-state index is 10.8. The summed E-state index contributed by atoms with van der Waals surface area (Å²) in [4.78, 5) is 10.8. The molecule has 0 unspecified atom stereocenters. The van der Waals surface area contributed by atoms with Crippen molar-refractivity contribution >= 4 is 5.97 Å². The molecular formula is C6H13ClN2O4. The summed E-state index contributed by atoms with van der Waals surface area (Å²) in [7, 11) is -2.51. The first kappa shape index (κ1) is 12.6. The van der Waals surface area contributed by atoms with E-state index in [2.05, 4.69) is 4.29 Å². The fourth-order valence-electron chi connectivity index (χ4n) is 0.746. The van der Waals surface area contributed by atoms with E-state index in [1.54, 1.807) is 0 Å². The zero-order chi connectivity index (χ0) is 10.3. The first-order chi connectivity index (χ1) is 6.07. The van der Waals surface area contributed by atoms with Gasteiger partial charge in [0.2, 0.25) is 0 Å². The Labute approximate surface area is 79.2 Å². The Bertz CT molecular complexity index is 156. The van der Waals surface area contributed by atoms with Gasteiger partial charge in [-0.15, -0.1) is 0 Å². The number of carbonyl (C=O) groups is 1. The van der Waals surface area contributed by atoms with E-state index in [0.717, 1.165) is 6.42 Å². The third-order valence-electron chi connectivity index (χ3n) is 1.41. The minimum absolute atomic E-state index is 0.376. The minimum Gasteiger partial charge on any atom is -0.330 e. The molecule has 0 aromatic heterocycles. The highest BCUT2D eigenvalue weighted by molar-refractivity contribution is 5.74. The molecule has 78 valence electrons. The second-order valence-corrected chi connectivity index (χ2v) is 3.01. The van der Waals surface area contributed by atoms with Gasteiger partial charge in [-0.1, -0.05) is 10.7 Å². The molecule has 0 saturated carbocycles. The fourth-order valence-corrected chi connectivity index (χ4v) is 0.984. The highest BCUT2D eigenvalue weighted by atomic mass is 35.6. The predicted octanol–water partition coefficient (Wildman–Crippen LogP) is -2.93. The average molecular weight is 213 g/mol. The number of hydrogen-bond donors (Lipinski definition) is 2. The number of rotatable bonds is 6. The Kier molecular flexibility index (Phi) is 6.83. The molecule has 13 heavy (non-hydrogen) atoms. The van der Waals surface area contributed by atoms with Crippen LogP contribution in [0.5, 0.6) is 0 Å². The van der Waals surface area contributed by atoms with Crippen molar-refractivity contribution in [1.29, 1.82) is 0 Å². The van der Waals surface area contributed by atoms with Crippen LogP contribution in [-0.2, 0) is 9.08 Å². The molecule has 0 saturated heterocycles. The van der Waals surface area contributed by atoms with Crippen LogP contribution < -0.4 is 20.8 Å². The van der Waals surface area contributed by atoms with E-state index in [9.17, 15) is 14.1 Å². The summed E-state index contributed by atoms with van der Waals surface area (Å²) in [5.74, 6) is -0.942. The molecule has 0 bridgehead atoms. The van der Waals surface area contributed by atoms with Gasteiger partial charge in [-0.2, -0.15) is 0 Å². The van der Waals surface area contributed by atoms with Gasteiger partial charge in [-0.25, -0.2) is 4.79 Å². The molecule has 4 N–H and O–H groups in total. The summed E-state index contributed by atoms with van der Waals surface area (Å²) in [6, 6.07) is -0.894. The lowest BCUT2D eigenvalue weighted by Gasteiger charge is -2.04. The van der Waals surface area contributed by atoms with E-state index in [4.69, 9.17) is 11.5 Å². The Hall–Kier alpha value is -0.400. The lowest BCUT2D eigenvalue weighted by Crippen LogP contribution is -2.42. The van der Waals surface area contributed by atoms with E-state index >= 15 is 0 Å². The SMILES string of the molecule is NCCCC[C@H](N)C(=O)O[Cl+2]([O-])[O-]. The third-order valence-corrected chi connectivity index (χ3v) is 1.69. The zero-order valence-electron chi connectivity index (χ0n) is 7.07.